The van der Waals surface area contributed by atoms with E-state index in [9.17, 15) is 19.8 Å². The number of fused-ring (bicyclic) bond motifs is 1. The molecule has 3 aromatic heterocycles. The summed E-state index contributed by atoms with van der Waals surface area (Å²) in [6, 6.07) is 19.4. The Hall–Kier alpha value is -4.80. The zero-order chi connectivity index (χ0) is 27.1. The van der Waals surface area contributed by atoms with Crippen molar-refractivity contribution >= 4 is 28.4 Å². The average molecular weight is 523 g/mol. The van der Waals surface area contributed by atoms with Gasteiger partial charge >= 0.3 is 0 Å². The molecule has 6 rings (SSSR count). The van der Waals surface area contributed by atoms with Gasteiger partial charge in [0.1, 0.15) is 23.4 Å². The summed E-state index contributed by atoms with van der Waals surface area (Å²) in [7, 11) is 0. The third-order valence-corrected chi connectivity index (χ3v) is 7.24. The van der Waals surface area contributed by atoms with E-state index < -0.39 is 17.1 Å². The van der Waals surface area contributed by atoms with Crippen LogP contribution in [-0.2, 0) is 0 Å². The molecule has 39 heavy (non-hydrogen) atoms. The topological polar surface area (TPSA) is 148 Å². The van der Waals surface area contributed by atoms with Crippen LogP contribution in [0.1, 0.15) is 29.2 Å². The maximum absolute atomic E-state index is 13.0. The Bertz CT molecular complexity index is 1740. The number of carbonyl (C=O) groups is 1. The molecule has 0 saturated heterocycles. The molecule has 1 aliphatic rings. The molecule has 0 unspecified atom stereocenters. The number of pyridine rings is 1. The Kier molecular flexibility index (Phi) is 5.97. The zero-order valence-corrected chi connectivity index (χ0v) is 20.9. The van der Waals surface area contributed by atoms with Gasteiger partial charge in [-0.3, -0.25) is 14.2 Å². The number of rotatable bonds is 6. The van der Waals surface area contributed by atoms with Gasteiger partial charge in [0.2, 0.25) is 0 Å². The first-order chi connectivity index (χ1) is 18.9. The van der Waals surface area contributed by atoms with Crippen molar-refractivity contribution in [2.45, 2.75) is 24.5 Å². The minimum absolute atomic E-state index is 0.0294. The van der Waals surface area contributed by atoms with Crippen molar-refractivity contribution < 1.29 is 15.0 Å². The second-order valence-corrected chi connectivity index (χ2v) is 9.82. The number of hydrogen-bond donors (Lipinski definition) is 4. The smallest absolute Gasteiger partial charge is 0.267 e. The van der Waals surface area contributed by atoms with Crippen LogP contribution >= 0.6 is 0 Å². The van der Waals surface area contributed by atoms with Crippen LogP contribution in [0, 0.1) is 0 Å². The van der Waals surface area contributed by atoms with Crippen molar-refractivity contribution in [1.29, 1.82) is 0 Å². The SMILES string of the molecule is Nc1ncnc2c1c(-c1ccc(NC(=O)c3cccn(-c4ccccc4)c3=O)cc1)cn2C1CC(O)(CO)C1. The molecular weight excluding hydrogens is 496 g/mol. The molecule has 0 radical (unpaired) electrons. The first-order valence-electron chi connectivity index (χ1n) is 12.5. The number of benzene rings is 2. The fraction of sp³-hybridized carbons (Fsp3) is 0.172. The third-order valence-electron chi connectivity index (χ3n) is 7.24. The molecule has 10 heteroatoms. The van der Waals surface area contributed by atoms with Crippen LogP contribution in [0.15, 0.2) is 90.2 Å². The summed E-state index contributed by atoms with van der Waals surface area (Å²) in [6.45, 7) is -0.289. The zero-order valence-electron chi connectivity index (χ0n) is 20.9. The second kappa shape index (κ2) is 9.50. The predicted molar refractivity (Wildman–Crippen MR) is 148 cm³/mol. The van der Waals surface area contributed by atoms with Crippen LogP contribution in [0.25, 0.3) is 27.8 Å². The monoisotopic (exact) mass is 522 g/mol. The summed E-state index contributed by atoms with van der Waals surface area (Å²) in [6.07, 6.45) is 5.78. The van der Waals surface area contributed by atoms with Crippen molar-refractivity contribution in [1.82, 2.24) is 19.1 Å². The molecule has 3 heterocycles. The lowest BCUT2D eigenvalue weighted by Crippen LogP contribution is -2.47. The first kappa shape index (κ1) is 24.5. The molecule has 196 valence electrons. The van der Waals surface area contributed by atoms with Crippen molar-refractivity contribution in [3.05, 3.63) is 101 Å². The number of aromatic nitrogens is 4. The molecule has 1 amide bonds. The van der Waals surface area contributed by atoms with Gasteiger partial charge in [0, 0.05) is 35.4 Å². The van der Waals surface area contributed by atoms with Crippen LogP contribution in [0.5, 0.6) is 0 Å². The van der Waals surface area contributed by atoms with E-state index in [2.05, 4.69) is 15.3 Å². The molecule has 1 aliphatic carbocycles. The van der Waals surface area contributed by atoms with E-state index in [1.54, 1.807) is 36.5 Å². The van der Waals surface area contributed by atoms with Crippen molar-refractivity contribution in [2.24, 2.45) is 0 Å². The lowest BCUT2D eigenvalue weighted by atomic mass is 9.76. The molecule has 5 N–H and O–H groups in total. The largest absolute Gasteiger partial charge is 0.393 e. The van der Waals surface area contributed by atoms with E-state index in [1.807, 2.05) is 41.1 Å². The molecule has 10 nitrogen and oxygen atoms in total. The molecule has 0 atom stereocenters. The Morgan fingerprint density at radius 1 is 1.05 bits per heavy atom. The number of hydrogen-bond acceptors (Lipinski definition) is 7. The number of para-hydroxylation sites is 1. The lowest BCUT2D eigenvalue weighted by molar-refractivity contribution is -0.101. The highest BCUT2D eigenvalue weighted by Gasteiger charge is 2.43. The van der Waals surface area contributed by atoms with Gasteiger partial charge < -0.3 is 25.8 Å². The highest BCUT2D eigenvalue weighted by atomic mass is 16.3. The Labute approximate surface area is 223 Å². The van der Waals surface area contributed by atoms with E-state index in [1.165, 1.54) is 17.0 Å². The number of amides is 1. The van der Waals surface area contributed by atoms with Gasteiger partial charge in [-0.25, -0.2) is 9.97 Å². The highest BCUT2D eigenvalue weighted by molar-refractivity contribution is 6.04. The van der Waals surface area contributed by atoms with Crippen molar-refractivity contribution in [3.63, 3.8) is 0 Å². The number of aliphatic hydroxyl groups excluding tert-OH is 1. The van der Waals surface area contributed by atoms with Gasteiger partial charge in [-0.1, -0.05) is 30.3 Å². The number of nitrogen functional groups attached to an aromatic ring is 1. The number of nitrogens with zero attached hydrogens (tertiary/aromatic N) is 4. The number of aliphatic hydroxyl groups is 2. The molecule has 0 aliphatic heterocycles. The Morgan fingerprint density at radius 3 is 2.51 bits per heavy atom. The quantitative estimate of drug-likeness (QED) is 0.268. The van der Waals surface area contributed by atoms with E-state index in [4.69, 9.17) is 5.73 Å². The average Bonchev–Trinajstić information content (AvgIpc) is 3.33. The highest BCUT2D eigenvalue weighted by Crippen LogP contribution is 2.44. The fourth-order valence-electron chi connectivity index (χ4n) is 5.14. The van der Waals surface area contributed by atoms with Gasteiger partial charge in [-0.15, -0.1) is 0 Å². The van der Waals surface area contributed by atoms with E-state index in [-0.39, 0.29) is 18.2 Å². The fourth-order valence-corrected chi connectivity index (χ4v) is 5.14. The minimum atomic E-state index is -1.08. The summed E-state index contributed by atoms with van der Waals surface area (Å²) in [5, 5.41) is 23.2. The van der Waals surface area contributed by atoms with E-state index >= 15 is 0 Å². The molecular formula is C29H26N6O4. The first-order valence-corrected chi connectivity index (χ1v) is 12.5. The van der Waals surface area contributed by atoms with E-state index in [0.29, 0.717) is 41.1 Å². The van der Waals surface area contributed by atoms with Crippen LogP contribution in [0.4, 0.5) is 11.5 Å². The second-order valence-electron chi connectivity index (χ2n) is 9.82. The van der Waals surface area contributed by atoms with Crippen LogP contribution in [0.3, 0.4) is 0 Å². The number of anilines is 2. The van der Waals surface area contributed by atoms with Crippen molar-refractivity contribution in [2.75, 3.05) is 17.7 Å². The summed E-state index contributed by atoms with van der Waals surface area (Å²) < 4.78 is 3.40. The standard InChI is InChI=1S/C29H26N6O4/c30-25-24-23(15-35(26(24)32-17-31-25)21-13-29(39,14-21)16-36)18-8-10-19(11-9-18)33-27(37)22-7-4-12-34(28(22)38)20-5-2-1-3-6-20/h1-12,15,17,21,36,39H,13-14,16H2,(H,33,37)(H2,30,31,32). The molecule has 1 saturated carbocycles. The number of nitrogens with two attached hydrogens (primary N) is 1. The predicted octanol–water partition coefficient (Wildman–Crippen LogP) is 3.14. The van der Waals surface area contributed by atoms with Gasteiger partial charge in [0.05, 0.1) is 17.6 Å². The third kappa shape index (κ3) is 4.35. The molecule has 0 bridgehead atoms. The maximum atomic E-state index is 13.0. The Balaban J connectivity index is 1.27. The van der Waals surface area contributed by atoms with Crippen LogP contribution < -0.4 is 16.6 Å². The van der Waals surface area contributed by atoms with Gasteiger partial charge in [-0.2, -0.15) is 0 Å². The van der Waals surface area contributed by atoms with Gasteiger partial charge in [-0.05, 0) is 54.8 Å². The molecule has 2 aromatic carbocycles. The normalized spacial score (nSPS) is 18.6. The number of nitrogens with one attached hydrogen (secondary N) is 1. The summed E-state index contributed by atoms with van der Waals surface area (Å²) in [5.41, 5.74) is 8.27. The van der Waals surface area contributed by atoms with Crippen molar-refractivity contribution in [3.8, 4) is 16.8 Å². The van der Waals surface area contributed by atoms with Gasteiger partial charge in [0.15, 0.2) is 0 Å². The van der Waals surface area contributed by atoms with Crippen LogP contribution in [0.2, 0.25) is 0 Å². The molecule has 0 spiro atoms. The van der Waals surface area contributed by atoms with Gasteiger partial charge in [0.25, 0.3) is 11.5 Å². The van der Waals surface area contributed by atoms with Crippen LogP contribution in [-0.4, -0.2) is 47.4 Å². The van der Waals surface area contributed by atoms with E-state index in [0.717, 1.165) is 11.1 Å². The summed E-state index contributed by atoms with van der Waals surface area (Å²) >= 11 is 0. The summed E-state index contributed by atoms with van der Waals surface area (Å²) in [4.78, 5) is 34.6. The number of carbonyl (C=O) groups excluding carboxylic acids is 1. The minimum Gasteiger partial charge on any atom is -0.393 e. The maximum Gasteiger partial charge on any atom is 0.267 e. The summed E-state index contributed by atoms with van der Waals surface area (Å²) in [5.74, 6) is -0.171. The lowest BCUT2D eigenvalue weighted by Gasteiger charge is -2.43. The molecule has 1 fully saturated rings. The Morgan fingerprint density at radius 2 is 1.79 bits per heavy atom. The molecule has 5 aromatic rings.